The lowest BCUT2D eigenvalue weighted by molar-refractivity contribution is 0.458. The lowest BCUT2D eigenvalue weighted by atomic mass is 10.1. The van der Waals surface area contributed by atoms with E-state index in [4.69, 9.17) is 5.73 Å². The molecule has 0 radical (unpaired) electrons. The number of halogens is 1. The summed E-state index contributed by atoms with van der Waals surface area (Å²) in [5.74, 6) is 0.750. The number of aromatic nitrogens is 2. The van der Waals surface area contributed by atoms with E-state index in [1.807, 2.05) is 30.3 Å². The molecule has 0 saturated carbocycles. The van der Waals surface area contributed by atoms with Gasteiger partial charge in [0, 0.05) is 18.7 Å². The van der Waals surface area contributed by atoms with Crippen LogP contribution in [-0.2, 0) is 10.0 Å². The summed E-state index contributed by atoms with van der Waals surface area (Å²) < 4.78 is 26.6. The fourth-order valence-electron chi connectivity index (χ4n) is 2.54. The molecule has 1 fully saturated rings. The van der Waals surface area contributed by atoms with Gasteiger partial charge in [-0.25, -0.2) is 18.4 Å². The third-order valence-electron chi connectivity index (χ3n) is 3.88. The average molecular weight is 355 g/mol. The van der Waals surface area contributed by atoms with E-state index in [0.29, 0.717) is 25.5 Å². The van der Waals surface area contributed by atoms with Crippen LogP contribution in [0.1, 0.15) is 6.42 Å². The van der Waals surface area contributed by atoms with E-state index in [1.54, 1.807) is 0 Å². The van der Waals surface area contributed by atoms with Gasteiger partial charge in [0.05, 0.1) is 12.4 Å². The van der Waals surface area contributed by atoms with Crippen molar-refractivity contribution in [2.24, 2.45) is 11.7 Å². The van der Waals surface area contributed by atoms with Crippen molar-refractivity contribution < 1.29 is 8.42 Å². The molecule has 2 heterocycles. The minimum Gasteiger partial charge on any atom is -0.330 e. The zero-order valence-electron chi connectivity index (χ0n) is 12.5. The van der Waals surface area contributed by atoms with E-state index in [2.05, 4.69) is 9.97 Å². The van der Waals surface area contributed by atoms with Crippen LogP contribution in [0.5, 0.6) is 0 Å². The van der Waals surface area contributed by atoms with E-state index >= 15 is 0 Å². The van der Waals surface area contributed by atoms with Gasteiger partial charge in [-0.2, -0.15) is 4.31 Å². The standard InChI is InChI=1S/C15H18N4O2S.ClH/c16-8-12-6-7-19(11-12)22(20,21)14-9-17-15(18-10-14)13-4-2-1-3-5-13;/h1-5,9-10,12H,6-8,11,16H2;1H. The van der Waals surface area contributed by atoms with Gasteiger partial charge in [0.25, 0.3) is 0 Å². The molecule has 1 atom stereocenters. The molecule has 1 aromatic heterocycles. The molecule has 1 unspecified atom stereocenters. The normalized spacial score (nSPS) is 18.6. The van der Waals surface area contributed by atoms with Gasteiger partial charge in [-0.15, -0.1) is 12.4 Å². The second kappa shape index (κ2) is 7.35. The molecule has 8 heteroatoms. The highest BCUT2D eigenvalue weighted by molar-refractivity contribution is 7.89. The Kier molecular flexibility index (Phi) is 5.69. The van der Waals surface area contributed by atoms with Crippen molar-refractivity contribution >= 4 is 22.4 Å². The fraction of sp³-hybridized carbons (Fsp3) is 0.333. The Bertz CT molecular complexity index is 738. The van der Waals surface area contributed by atoms with E-state index in [1.165, 1.54) is 16.7 Å². The van der Waals surface area contributed by atoms with Crippen molar-refractivity contribution in [2.45, 2.75) is 11.3 Å². The van der Waals surface area contributed by atoms with E-state index in [0.717, 1.165) is 12.0 Å². The topological polar surface area (TPSA) is 89.2 Å². The Morgan fingerprint density at radius 2 is 1.83 bits per heavy atom. The van der Waals surface area contributed by atoms with E-state index < -0.39 is 10.0 Å². The van der Waals surface area contributed by atoms with Crippen molar-refractivity contribution in [1.82, 2.24) is 14.3 Å². The van der Waals surface area contributed by atoms with Gasteiger partial charge in [-0.05, 0) is 18.9 Å². The zero-order chi connectivity index (χ0) is 15.6. The molecule has 0 bridgehead atoms. The summed E-state index contributed by atoms with van der Waals surface area (Å²) in [5.41, 5.74) is 6.47. The highest BCUT2D eigenvalue weighted by Gasteiger charge is 2.32. The van der Waals surface area contributed by atoms with Gasteiger partial charge in [-0.1, -0.05) is 30.3 Å². The number of nitrogens with two attached hydrogens (primary N) is 1. The number of sulfonamides is 1. The van der Waals surface area contributed by atoms with Crippen LogP contribution in [0.2, 0.25) is 0 Å². The second-order valence-electron chi connectivity index (χ2n) is 5.36. The molecule has 2 aromatic rings. The number of benzene rings is 1. The Hall–Kier alpha value is -1.54. The van der Waals surface area contributed by atoms with Crippen LogP contribution in [-0.4, -0.2) is 42.3 Å². The van der Waals surface area contributed by atoms with Crippen LogP contribution in [0, 0.1) is 5.92 Å². The summed E-state index contributed by atoms with van der Waals surface area (Å²) in [7, 11) is -3.53. The van der Waals surface area contributed by atoms with Gasteiger partial charge in [-0.3, -0.25) is 0 Å². The first kappa shape index (κ1) is 17.8. The summed E-state index contributed by atoms with van der Waals surface area (Å²) in [6, 6.07) is 9.45. The monoisotopic (exact) mass is 354 g/mol. The molecule has 1 aliphatic rings. The third kappa shape index (κ3) is 3.69. The first-order chi connectivity index (χ1) is 10.6. The number of nitrogens with zero attached hydrogens (tertiary/aromatic N) is 3. The molecule has 1 aliphatic heterocycles. The highest BCUT2D eigenvalue weighted by Crippen LogP contribution is 2.23. The number of rotatable bonds is 4. The highest BCUT2D eigenvalue weighted by atomic mass is 35.5. The Labute approximate surface area is 142 Å². The van der Waals surface area contributed by atoms with Gasteiger partial charge < -0.3 is 5.73 Å². The van der Waals surface area contributed by atoms with Gasteiger partial charge >= 0.3 is 0 Å². The maximum Gasteiger partial charge on any atom is 0.246 e. The molecule has 6 nitrogen and oxygen atoms in total. The molecular weight excluding hydrogens is 336 g/mol. The number of hydrogen-bond acceptors (Lipinski definition) is 5. The van der Waals surface area contributed by atoms with Crippen molar-refractivity contribution in [3.8, 4) is 11.4 Å². The Balaban J connectivity index is 0.00000192. The van der Waals surface area contributed by atoms with Crippen LogP contribution in [0.4, 0.5) is 0 Å². The maximum atomic E-state index is 12.5. The van der Waals surface area contributed by atoms with Crippen molar-refractivity contribution in [2.75, 3.05) is 19.6 Å². The fourth-order valence-corrected chi connectivity index (χ4v) is 3.97. The van der Waals surface area contributed by atoms with Crippen LogP contribution < -0.4 is 5.73 Å². The van der Waals surface area contributed by atoms with Crippen LogP contribution in [0.3, 0.4) is 0 Å². The first-order valence-electron chi connectivity index (χ1n) is 7.19. The number of hydrogen-bond donors (Lipinski definition) is 1. The molecule has 2 N–H and O–H groups in total. The largest absolute Gasteiger partial charge is 0.330 e. The molecule has 3 rings (SSSR count). The summed E-state index contributed by atoms with van der Waals surface area (Å²) in [6.07, 6.45) is 3.56. The lowest BCUT2D eigenvalue weighted by Crippen LogP contribution is -2.30. The SMILES string of the molecule is Cl.NCC1CCN(S(=O)(=O)c2cnc(-c3ccccc3)nc2)C1. The molecule has 0 spiro atoms. The molecule has 0 amide bonds. The summed E-state index contributed by atoms with van der Waals surface area (Å²) in [5, 5.41) is 0. The Morgan fingerprint density at radius 3 is 2.39 bits per heavy atom. The maximum absolute atomic E-state index is 12.5. The molecule has 1 saturated heterocycles. The first-order valence-corrected chi connectivity index (χ1v) is 8.63. The van der Waals surface area contributed by atoms with Crippen LogP contribution >= 0.6 is 12.4 Å². The predicted octanol–water partition coefficient (Wildman–Crippen LogP) is 1.53. The molecule has 23 heavy (non-hydrogen) atoms. The summed E-state index contributed by atoms with van der Waals surface area (Å²) in [4.78, 5) is 8.50. The third-order valence-corrected chi connectivity index (χ3v) is 5.70. The van der Waals surface area contributed by atoms with Crippen LogP contribution in [0.15, 0.2) is 47.6 Å². The lowest BCUT2D eigenvalue weighted by Gasteiger charge is -2.16. The quantitative estimate of drug-likeness (QED) is 0.899. The molecule has 124 valence electrons. The molecule has 1 aromatic carbocycles. The second-order valence-corrected chi connectivity index (χ2v) is 7.30. The smallest absolute Gasteiger partial charge is 0.246 e. The summed E-state index contributed by atoms with van der Waals surface area (Å²) in [6.45, 7) is 1.49. The predicted molar refractivity (Wildman–Crippen MR) is 90.6 cm³/mol. The van der Waals surface area contributed by atoms with Crippen molar-refractivity contribution in [3.63, 3.8) is 0 Å². The minimum atomic E-state index is -3.53. The van der Waals surface area contributed by atoms with Gasteiger partial charge in [0.2, 0.25) is 10.0 Å². The zero-order valence-corrected chi connectivity index (χ0v) is 14.1. The Morgan fingerprint density at radius 1 is 1.17 bits per heavy atom. The van der Waals surface area contributed by atoms with Crippen LogP contribution in [0.25, 0.3) is 11.4 Å². The van der Waals surface area contributed by atoms with Crippen molar-refractivity contribution in [3.05, 3.63) is 42.7 Å². The minimum absolute atomic E-state index is 0. The average Bonchev–Trinajstić information content (AvgIpc) is 3.06. The summed E-state index contributed by atoms with van der Waals surface area (Å²) >= 11 is 0. The molecule has 0 aliphatic carbocycles. The van der Waals surface area contributed by atoms with Crippen molar-refractivity contribution in [1.29, 1.82) is 0 Å². The van der Waals surface area contributed by atoms with E-state index in [-0.39, 0.29) is 23.2 Å². The van der Waals surface area contributed by atoms with Gasteiger partial charge in [0.1, 0.15) is 4.90 Å². The van der Waals surface area contributed by atoms with E-state index in [9.17, 15) is 8.42 Å². The molecular formula is C15H19ClN4O2S. The van der Waals surface area contributed by atoms with Gasteiger partial charge in [0.15, 0.2) is 5.82 Å².